The van der Waals surface area contributed by atoms with Crippen molar-refractivity contribution in [3.05, 3.63) is 46.5 Å². The Kier molecular flexibility index (Phi) is 3.45. The molecule has 96 valence electrons. The predicted molar refractivity (Wildman–Crippen MR) is 65.0 cm³/mol. The van der Waals surface area contributed by atoms with Gasteiger partial charge >= 0.3 is 6.18 Å². The second kappa shape index (κ2) is 4.74. The van der Waals surface area contributed by atoms with Gasteiger partial charge in [-0.1, -0.05) is 17.7 Å². The van der Waals surface area contributed by atoms with Crippen LogP contribution in [0.25, 0.3) is 0 Å². The highest BCUT2D eigenvalue weighted by molar-refractivity contribution is 6.35. The molecular formula is C12H10ClF3N2. The maximum atomic E-state index is 12.6. The zero-order valence-electron chi connectivity index (χ0n) is 9.21. The minimum atomic E-state index is -4.39. The second-order valence-electron chi connectivity index (χ2n) is 3.94. The van der Waals surface area contributed by atoms with Crippen LogP contribution < -0.4 is 5.73 Å². The number of nitrogens with two attached hydrogens (primary N) is 1. The zero-order chi connectivity index (χ0) is 13.3. The summed E-state index contributed by atoms with van der Waals surface area (Å²) in [6.07, 6.45) is -1.11. The molecule has 0 bridgehead atoms. The van der Waals surface area contributed by atoms with Crippen LogP contribution in [0.2, 0.25) is 5.02 Å². The molecule has 1 aliphatic heterocycles. The highest BCUT2D eigenvalue weighted by Gasteiger charge is 2.31. The fourth-order valence-electron chi connectivity index (χ4n) is 1.60. The molecule has 1 aromatic carbocycles. The minimum absolute atomic E-state index is 0.196. The lowest BCUT2D eigenvalue weighted by Crippen LogP contribution is -2.24. The lowest BCUT2D eigenvalue weighted by atomic mass is 10.0. The fourth-order valence-corrected chi connectivity index (χ4v) is 1.82. The molecule has 18 heavy (non-hydrogen) atoms. The van der Waals surface area contributed by atoms with Crippen LogP contribution in [0.1, 0.15) is 11.1 Å². The number of aliphatic imine (C=N–C) groups is 1. The number of halogens is 4. The Hall–Kier alpha value is -1.33. The second-order valence-corrected chi connectivity index (χ2v) is 4.35. The molecule has 1 atom stereocenters. The van der Waals surface area contributed by atoms with Crippen LogP contribution in [0.5, 0.6) is 0 Å². The average molecular weight is 275 g/mol. The van der Waals surface area contributed by atoms with Crippen molar-refractivity contribution in [2.75, 3.05) is 6.54 Å². The van der Waals surface area contributed by atoms with E-state index in [9.17, 15) is 13.2 Å². The molecule has 2 nitrogen and oxygen atoms in total. The van der Waals surface area contributed by atoms with Crippen LogP contribution in [0.15, 0.2) is 35.3 Å². The molecule has 1 unspecified atom stereocenters. The van der Waals surface area contributed by atoms with E-state index < -0.39 is 11.7 Å². The number of rotatable bonds is 1. The van der Waals surface area contributed by atoms with Gasteiger partial charge in [-0.15, -0.1) is 0 Å². The molecule has 2 rings (SSSR count). The number of nitrogens with zero attached hydrogens (tertiary/aromatic N) is 1. The molecule has 0 amide bonds. The maximum absolute atomic E-state index is 12.6. The largest absolute Gasteiger partial charge is 0.416 e. The third kappa shape index (κ3) is 2.73. The summed E-state index contributed by atoms with van der Waals surface area (Å²) in [6, 6.07) is 2.98. The number of dihydropyridines is 1. The number of benzene rings is 1. The van der Waals surface area contributed by atoms with Crippen molar-refractivity contribution in [3.8, 4) is 0 Å². The first-order chi connectivity index (χ1) is 8.38. The van der Waals surface area contributed by atoms with E-state index in [-0.39, 0.29) is 16.6 Å². The predicted octanol–water partition coefficient (Wildman–Crippen LogP) is 3.05. The molecule has 0 fully saturated rings. The number of allylic oxidation sites excluding steroid dienone is 1. The number of alkyl halides is 3. The summed E-state index contributed by atoms with van der Waals surface area (Å²) < 4.78 is 37.8. The molecule has 1 heterocycles. The van der Waals surface area contributed by atoms with Crippen molar-refractivity contribution in [2.45, 2.75) is 12.2 Å². The number of hydrogen-bond donors (Lipinski definition) is 1. The Bertz CT molecular complexity index is 521. The van der Waals surface area contributed by atoms with Gasteiger partial charge in [0.15, 0.2) is 0 Å². The molecule has 0 aromatic heterocycles. The Morgan fingerprint density at radius 1 is 1.33 bits per heavy atom. The lowest BCUT2D eigenvalue weighted by Gasteiger charge is -2.14. The van der Waals surface area contributed by atoms with Gasteiger partial charge in [-0.3, -0.25) is 4.99 Å². The van der Waals surface area contributed by atoms with Gasteiger partial charge in [-0.25, -0.2) is 0 Å². The van der Waals surface area contributed by atoms with Gasteiger partial charge in [-0.05, 0) is 24.3 Å². The van der Waals surface area contributed by atoms with E-state index in [1.165, 1.54) is 6.07 Å². The van der Waals surface area contributed by atoms with Crippen molar-refractivity contribution in [3.63, 3.8) is 0 Å². The first-order valence-corrected chi connectivity index (χ1v) is 5.61. The van der Waals surface area contributed by atoms with E-state index in [1.54, 1.807) is 12.2 Å². The molecule has 0 radical (unpaired) electrons. The highest BCUT2D eigenvalue weighted by atomic mass is 35.5. The summed E-state index contributed by atoms with van der Waals surface area (Å²) in [5.74, 6) is 0. The number of hydrogen-bond acceptors (Lipinski definition) is 2. The molecule has 2 N–H and O–H groups in total. The third-order valence-electron chi connectivity index (χ3n) is 2.54. The van der Waals surface area contributed by atoms with Gasteiger partial charge in [0.05, 0.1) is 17.8 Å². The molecule has 0 spiro atoms. The van der Waals surface area contributed by atoms with Crippen molar-refractivity contribution < 1.29 is 13.2 Å². The SMILES string of the molecule is NC1C=CC(c2cc(C(F)(F)F)ccc2Cl)=NC1. The first-order valence-electron chi connectivity index (χ1n) is 5.23. The normalized spacial score (nSPS) is 19.8. The molecule has 0 saturated carbocycles. The fraction of sp³-hybridized carbons (Fsp3) is 0.250. The smallest absolute Gasteiger partial charge is 0.323 e. The van der Waals surface area contributed by atoms with E-state index in [2.05, 4.69) is 4.99 Å². The van der Waals surface area contributed by atoms with E-state index >= 15 is 0 Å². The van der Waals surface area contributed by atoms with Crippen LogP contribution in [0.3, 0.4) is 0 Å². The molecular weight excluding hydrogens is 265 g/mol. The van der Waals surface area contributed by atoms with Gasteiger partial charge in [0.25, 0.3) is 0 Å². The van der Waals surface area contributed by atoms with Gasteiger partial charge in [0, 0.05) is 16.6 Å². The van der Waals surface area contributed by atoms with Crippen LogP contribution >= 0.6 is 11.6 Å². The van der Waals surface area contributed by atoms with Gasteiger partial charge in [0.2, 0.25) is 0 Å². The average Bonchev–Trinajstić information content (AvgIpc) is 2.29. The van der Waals surface area contributed by atoms with Crippen LogP contribution in [-0.2, 0) is 6.18 Å². The molecule has 0 saturated heterocycles. The topological polar surface area (TPSA) is 38.4 Å². The van der Waals surface area contributed by atoms with Gasteiger partial charge in [0.1, 0.15) is 0 Å². The quantitative estimate of drug-likeness (QED) is 0.840. The molecule has 6 heteroatoms. The maximum Gasteiger partial charge on any atom is 0.416 e. The van der Waals surface area contributed by atoms with E-state index in [1.807, 2.05) is 0 Å². The molecule has 1 aromatic rings. The zero-order valence-corrected chi connectivity index (χ0v) is 9.96. The van der Waals surface area contributed by atoms with Crippen LogP contribution in [0, 0.1) is 0 Å². The summed E-state index contributed by atoms with van der Waals surface area (Å²) >= 11 is 5.90. The standard InChI is InChI=1S/C12H10ClF3N2/c13-10-3-1-7(12(14,15)16)5-9(10)11-4-2-8(17)6-18-11/h1-5,8H,6,17H2. The van der Waals surface area contributed by atoms with Crippen molar-refractivity contribution in [1.29, 1.82) is 0 Å². The summed E-state index contributed by atoms with van der Waals surface area (Å²) in [5.41, 5.74) is 5.56. The van der Waals surface area contributed by atoms with E-state index in [4.69, 9.17) is 17.3 Å². The minimum Gasteiger partial charge on any atom is -0.323 e. The summed E-state index contributed by atoms with van der Waals surface area (Å²) in [7, 11) is 0. The van der Waals surface area contributed by atoms with Gasteiger partial charge in [-0.2, -0.15) is 13.2 Å². The van der Waals surface area contributed by atoms with Crippen LogP contribution in [0.4, 0.5) is 13.2 Å². The Labute approximate surface area is 107 Å². The van der Waals surface area contributed by atoms with Crippen LogP contribution in [-0.4, -0.2) is 18.3 Å². The highest BCUT2D eigenvalue weighted by Crippen LogP contribution is 2.32. The summed E-state index contributed by atoms with van der Waals surface area (Å²) in [4.78, 5) is 4.12. The van der Waals surface area contributed by atoms with Crippen molar-refractivity contribution in [2.24, 2.45) is 10.7 Å². The Balaban J connectivity index is 2.42. The lowest BCUT2D eigenvalue weighted by molar-refractivity contribution is -0.137. The van der Waals surface area contributed by atoms with E-state index in [0.29, 0.717) is 12.3 Å². The van der Waals surface area contributed by atoms with E-state index in [0.717, 1.165) is 12.1 Å². The van der Waals surface area contributed by atoms with Crippen molar-refractivity contribution in [1.82, 2.24) is 0 Å². The molecule has 0 aliphatic carbocycles. The third-order valence-corrected chi connectivity index (χ3v) is 2.87. The van der Waals surface area contributed by atoms with Gasteiger partial charge < -0.3 is 5.73 Å². The summed E-state index contributed by atoms with van der Waals surface area (Å²) in [5, 5.41) is 0.238. The first kappa shape index (κ1) is 13.1. The molecule has 1 aliphatic rings. The Morgan fingerprint density at radius 2 is 2.06 bits per heavy atom. The summed E-state index contributed by atoms with van der Waals surface area (Å²) in [6.45, 7) is 0.346. The Morgan fingerprint density at radius 3 is 2.61 bits per heavy atom. The monoisotopic (exact) mass is 274 g/mol. The van der Waals surface area contributed by atoms with Crippen molar-refractivity contribution >= 4 is 17.3 Å².